The standard InChI is InChI=1S/C28H33BBrNO2/c1-27(2)28(3,4)33-29(32-27)19-26(24-17-11-12-18-25(24)30)31(20-22-13-7-5-8-14-22)21-23-15-9-6-10-16-23/h5-18,26H,19-21H2,1-4H3/t26-/m0/s1. The zero-order valence-electron chi connectivity index (χ0n) is 20.0. The van der Waals surface area contributed by atoms with Crippen LogP contribution >= 0.6 is 15.9 Å². The summed E-state index contributed by atoms with van der Waals surface area (Å²) in [7, 11) is -0.277. The molecule has 3 aromatic rings. The minimum Gasteiger partial charge on any atom is -0.403 e. The maximum atomic E-state index is 6.44. The first-order valence-electron chi connectivity index (χ1n) is 11.7. The Labute approximate surface area is 207 Å². The molecule has 0 spiro atoms. The summed E-state index contributed by atoms with van der Waals surface area (Å²) in [5.74, 6) is 0. The van der Waals surface area contributed by atoms with Gasteiger partial charge in [-0.15, -0.1) is 0 Å². The topological polar surface area (TPSA) is 21.7 Å². The van der Waals surface area contributed by atoms with Gasteiger partial charge in [0, 0.05) is 29.9 Å². The van der Waals surface area contributed by atoms with Crippen molar-refractivity contribution in [1.29, 1.82) is 0 Å². The van der Waals surface area contributed by atoms with E-state index < -0.39 is 0 Å². The molecule has 0 aliphatic carbocycles. The van der Waals surface area contributed by atoms with Crippen molar-refractivity contribution in [3.63, 3.8) is 0 Å². The quantitative estimate of drug-likeness (QED) is 0.300. The summed E-state index contributed by atoms with van der Waals surface area (Å²) in [6.07, 6.45) is 0.745. The molecule has 0 aromatic heterocycles. The van der Waals surface area contributed by atoms with Gasteiger partial charge in [0.2, 0.25) is 0 Å². The fourth-order valence-electron chi connectivity index (χ4n) is 4.37. The maximum Gasteiger partial charge on any atom is 0.459 e. The summed E-state index contributed by atoms with van der Waals surface area (Å²) in [5, 5.41) is 0. The summed E-state index contributed by atoms with van der Waals surface area (Å²) >= 11 is 3.82. The van der Waals surface area contributed by atoms with Crippen LogP contribution in [0.5, 0.6) is 0 Å². The van der Waals surface area contributed by atoms with E-state index in [0.29, 0.717) is 0 Å². The lowest BCUT2D eigenvalue weighted by molar-refractivity contribution is 0.00578. The Kier molecular flexibility index (Phi) is 7.45. The summed E-state index contributed by atoms with van der Waals surface area (Å²) in [6, 6.07) is 30.0. The van der Waals surface area contributed by atoms with Crippen LogP contribution in [0.2, 0.25) is 6.32 Å². The van der Waals surface area contributed by atoms with Crippen molar-refractivity contribution in [3.8, 4) is 0 Å². The average molecular weight is 506 g/mol. The lowest BCUT2D eigenvalue weighted by atomic mass is 9.77. The third kappa shape index (κ3) is 5.78. The van der Waals surface area contributed by atoms with E-state index in [1.165, 1.54) is 16.7 Å². The number of halogens is 1. The van der Waals surface area contributed by atoms with Gasteiger partial charge in [-0.25, -0.2) is 0 Å². The summed E-state index contributed by atoms with van der Waals surface area (Å²) in [5.41, 5.74) is 3.14. The highest BCUT2D eigenvalue weighted by Crippen LogP contribution is 2.42. The number of benzene rings is 3. The van der Waals surface area contributed by atoms with Crippen LogP contribution in [0.25, 0.3) is 0 Å². The molecule has 172 valence electrons. The number of nitrogens with zero attached hydrogens (tertiary/aromatic N) is 1. The van der Waals surface area contributed by atoms with Crippen molar-refractivity contribution in [2.24, 2.45) is 0 Å². The largest absolute Gasteiger partial charge is 0.459 e. The summed E-state index contributed by atoms with van der Waals surface area (Å²) in [6.45, 7) is 10.1. The van der Waals surface area contributed by atoms with Gasteiger partial charge < -0.3 is 9.31 Å². The van der Waals surface area contributed by atoms with Crippen LogP contribution in [-0.2, 0) is 22.4 Å². The maximum absolute atomic E-state index is 6.44. The first-order chi connectivity index (χ1) is 15.7. The predicted molar refractivity (Wildman–Crippen MR) is 140 cm³/mol. The van der Waals surface area contributed by atoms with Crippen molar-refractivity contribution >= 4 is 23.0 Å². The molecular weight excluding hydrogens is 473 g/mol. The van der Waals surface area contributed by atoms with E-state index in [2.05, 4.69) is 133 Å². The molecular formula is C28H33BBrNO2. The molecule has 0 unspecified atom stereocenters. The second-order valence-corrected chi connectivity index (χ2v) is 10.7. The third-order valence-corrected chi connectivity index (χ3v) is 7.60. The minimum absolute atomic E-state index is 0.107. The van der Waals surface area contributed by atoms with E-state index in [1.807, 2.05) is 0 Å². The highest BCUT2D eigenvalue weighted by Gasteiger charge is 2.51. The lowest BCUT2D eigenvalue weighted by Gasteiger charge is -2.33. The van der Waals surface area contributed by atoms with Gasteiger partial charge >= 0.3 is 7.12 Å². The summed E-state index contributed by atoms with van der Waals surface area (Å²) < 4.78 is 14.0. The highest BCUT2D eigenvalue weighted by atomic mass is 79.9. The Hall–Kier alpha value is -1.92. The molecule has 1 aliphatic rings. The Morgan fingerprint density at radius 2 is 1.18 bits per heavy atom. The normalized spacial score (nSPS) is 17.9. The van der Waals surface area contributed by atoms with Gasteiger partial charge in [0.15, 0.2) is 0 Å². The second kappa shape index (κ2) is 10.1. The minimum atomic E-state index is -0.347. The zero-order valence-corrected chi connectivity index (χ0v) is 21.6. The van der Waals surface area contributed by atoms with E-state index >= 15 is 0 Å². The lowest BCUT2D eigenvalue weighted by Crippen LogP contribution is -2.41. The van der Waals surface area contributed by atoms with Crippen LogP contribution in [0.3, 0.4) is 0 Å². The van der Waals surface area contributed by atoms with E-state index in [0.717, 1.165) is 23.9 Å². The Balaban J connectivity index is 1.70. The zero-order chi connectivity index (χ0) is 23.5. The molecule has 1 fully saturated rings. The van der Waals surface area contributed by atoms with Crippen LogP contribution in [0.1, 0.15) is 50.4 Å². The monoisotopic (exact) mass is 505 g/mol. The molecule has 33 heavy (non-hydrogen) atoms. The number of hydrogen-bond acceptors (Lipinski definition) is 3. The molecule has 0 bridgehead atoms. The van der Waals surface area contributed by atoms with Gasteiger partial charge in [-0.3, -0.25) is 4.90 Å². The molecule has 0 radical (unpaired) electrons. The SMILES string of the molecule is CC1(C)OB(C[C@@H](c2ccccc2Br)N(Cc2ccccc2)Cc2ccccc2)OC1(C)C. The van der Waals surface area contributed by atoms with Gasteiger partial charge in [0.05, 0.1) is 11.2 Å². The van der Waals surface area contributed by atoms with Gasteiger partial charge in [-0.1, -0.05) is 94.8 Å². The predicted octanol–water partition coefficient (Wildman–Crippen LogP) is 7.28. The molecule has 4 rings (SSSR count). The Morgan fingerprint density at radius 3 is 1.67 bits per heavy atom. The molecule has 0 N–H and O–H groups in total. The molecule has 1 saturated heterocycles. The van der Waals surface area contributed by atoms with Gasteiger partial charge in [-0.2, -0.15) is 0 Å². The van der Waals surface area contributed by atoms with Crippen LogP contribution < -0.4 is 0 Å². The van der Waals surface area contributed by atoms with Crippen LogP contribution in [0.15, 0.2) is 89.4 Å². The van der Waals surface area contributed by atoms with E-state index in [9.17, 15) is 0 Å². The Bertz CT molecular complexity index is 985. The van der Waals surface area contributed by atoms with Gasteiger partial charge in [0.1, 0.15) is 0 Å². The Morgan fingerprint density at radius 1 is 0.727 bits per heavy atom. The molecule has 0 amide bonds. The average Bonchev–Trinajstić information content (AvgIpc) is 2.99. The molecule has 1 atom stereocenters. The number of hydrogen-bond donors (Lipinski definition) is 0. The van der Waals surface area contributed by atoms with E-state index in [-0.39, 0.29) is 24.4 Å². The van der Waals surface area contributed by atoms with Gasteiger partial charge in [-0.05, 0) is 50.5 Å². The first-order valence-corrected chi connectivity index (χ1v) is 12.5. The van der Waals surface area contributed by atoms with Crippen LogP contribution in [-0.4, -0.2) is 23.2 Å². The fourth-order valence-corrected chi connectivity index (χ4v) is 4.92. The molecule has 3 nitrogen and oxygen atoms in total. The van der Waals surface area contributed by atoms with E-state index in [1.54, 1.807) is 0 Å². The van der Waals surface area contributed by atoms with Gasteiger partial charge in [0.25, 0.3) is 0 Å². The fraction of sp³-hybridized carbons (Fsp3) is 0.357. The van der Waals surface area contributed by atoms with E-state index in [4.69, 9.17) is 9.31 Å². The van der Waals surface area contributed by atoms with Crippen molar-refractivity contribution in [2.75, 3.05) is 0 Å². The van der Waals surface area contributed by atoms with Crippen molar-refractivity contribution < 1.29 is 9.31 Å². The highest BCUT2D eigenvalue weighted by molar-refractivity contribution is 9.10. The molecule has 0 saturated carbocycles. The smallest absolute Gasteiger partial charge is 0.403 e. The molecule has 1 heterocycles. The number of rotatable bonds is 8. The van der Waals surface area contributed by atoms with Crippen molar-refractivity contribution in [2.45, 2.75) is 64.3 Å². The molecule has 1 aliphatic heterocycles. The third-order valence-electron chi connectivity index (χ3n) is 6.88. The van der Waals surface area contributed by atoms with Crippen molar-refractivity contribution in [1.82, 2.24) is 4.90 Å². The van der Waals surface area contributed by atoms with Crippen LogP contribution in [0, 0.1) is 0 Å². The molecule has 3 aromatic carbocycles. The van der Waals surface area contributed by atoms with Crippen LogP contribution in [0.4, 0.5) is 0 Å². The van der Waals surface area contributed by atoms with Crippen molar-refractivity contribution in [3.05, 3.63) is 106 Å². The first kappa shape index (κ1) is 24.2. The molecule has 5 heteroatoms. The summed E-state index contributed by atoms with van der Waals surface area (Å²) in [4.78, 5) is 2.54. The second-order valence-electron chi connectivity index (χ2n) is 9.84.